The van der Waals surface area contributed by atoms with Crippen molar-refractivity contribution in [3.63, 3.8) is 0 Å². The molecular weight excluding hydrogens is 444 g/mol. The van der Waals surface area contributed by atoms with Gasteiger partial charge in [0.1, 0.15) is 11.2 Å². The van der Waals surface area contributed by atoms with Gasteiger partial charge in [-0.15, -0.1) is 0 Å². The minimum absolute atomic E-state index is 0.156. The molecule has 0 aliphatic heterocycles. The van der Waals surface area contributed by atoms with E-state index in [1.165, 1.54) is 24.3 Å². The van der Waals surface area contributed by atoms with Crippen molar-refractivity contribution >= 4 is 45.3 Å². The highest BCUT2D eigenvalue weighted by Gasteiger charge is 2.15. The summed E-state index contributed by atoms with van der Waals surface area (Å²) in [6, 6.07) is 11.2. The number of fused-ring (bicyclic) bond motifs is 2. The van der Waals surface area contributed by atoms with Crippen molar-refractivity contribution in [1.29, 1.82) is 0 Å². The number of nitrogens with zero attached hydrogens (tertiary/aromatic N) is 2. The zero-order chi connectivity index (χ0) is 24.2. The maximum atomic E-state index is 12.4. The third-order valence-electron chi connectivity index (χ3n) is 4.66. The lowest BCUT2D eigenvalue weighted by Crippen LogP contribution is -2.09. The predicted octanol–water partition coefficient (Wildman–Crippen LogP) is 4.67. The Morgan fingerprint density at radius 1 is 0.706 bits per heavy atom. The molecule has 0 spiro atoms. The minimum Gasteiger partial charge on any atom is -0.460 e. The molecule has 0 aliphatic rings. The van der Waals surface area contributed by atoms with Crippen LogP contribution in [0.3, 0.4) is 0 Å². The van der Waals surface area contributed by atoms with Gasteiger partial charge in [-0.1, -0.05) is 0 Å². The molecule has 0 saturated carbocycles. The van der Waals surface area contributed by atoms with Crippen LogP contribution in [0.1, 0.15) is 35.0 Å². The maximum Gasteiger partial charge on any atom is 0.374 e. The molecule has 10 heteroatoms. The molecule has 2 heterocycles. The first-order valence-electron chi connectivity index (χ1n) is 10.3. The van der Waals surface area contributed by atoms with Crippen molar-refractivity contribution in [3.05, 3.63) is 80.5 Å². The van der Waals surface area contributed by atoms with Crippen LogP contribution in [-0.4, -0.2) is 25.2 Å². The Hall–Kier alpha value is -4.60. The van der Waals surface area contributed by atoms with Crippen molar-refractivity contribution in [2.24, 2.45) is 10.2 Å². The normalized spacial score (nSPS) is 11.2. The van der Waals surface area contributed by atoms with Gasteiger partial charge in [0.05, 0.1) is 35.4 Å². The van der Waals surface area contributed by atoms with E-state index in [0.29, 0.717) is 11.4 Å². The van der Waals surface area contributed by atoms with Crippen LogP contribution in [0.2, 0.25) is 0 Å². The Kier molecular flexibility index (Phi) is 6.30. The van der Waals surface area contributed by atoms with Crippen molar-refractivity contribution in [2.75, 3.05) is 13.2 Å². The molecule has 0 N–H and O–H groups in total. The highest BCUT2D eigenvalue weighted by molar-refractivity contribution is 5.90. The summed E-state index contributed by atoms with van der Waals surface area (Å²) in [5, 5.41) is 8.65. The van der Waals surface area contributed by atoms with Gasteiger partial charge in [-0.05, 0) is 50.2 Å². The molecule has 0 bridgehead atoms. The van der Waals surface area contributed by atoms with E-state index in [2.05, 4.69) is 10.2 Å². The Morgan fingerprint density at radius 2 is 1.12 bits per heavy atom. The molecule has 4 rings (SSSR count). The Balaban J connectivity index is 1.63. The first-order valence-corrected chi connectivity index (χ1v) is 10.3. The molecule has 0 amide bonds. The van der Waals surface area contributed by atoms with Crippen LogP contribution < -0.4 is 10.9 Å². The maximum absolute atomic E-state index is 12.4. The van der Waals surface area contributed by atoms with Crippen LogP contribution in [0.5, 0.6) is 0 Å². The van der Waals surface area contributed by atoms with E-state index in [9.17, 15) is 19.2 Å². The fourth-order valence-corrected chi connectivity index (χ4v) is 3.13. The zero-order valence-corrected chi connectivity index (χ0v) is 18.2. The molecule has 0 radical (unpaired) electrons. The highest BCUT2D eigenvalue weighted by atomic mass is 16.5. The van der Waals surface area contributed by atoms with E-state index >= 15 is 0 Å². The minimum atomic E-state index is -0.722. The molecule has 10 nitrogen and oxygen atoms in total. The topological polar surface area (TPSA) is 138 Å². The first kappa shape index (κ1) is 22.6. The second-order valence-electron chi connectivity index (χ2n) is 6.95. The molecule has 0 fully saturated rings. The average Bonchev–Trinajstić information content (AvgIpc) is 2.83. The van der Waals surface area contributed by atoms with Gasteiger partial charge < -0.3 is 18.3 Å². The number of rotatable bonds is 6. The molecule has 0 unspecified atom stereocenters. The largest absolute Gasteiger partial charge is 0.460 e. The molecule has 0 atom stereocenters. The summed E-state index contributed by atoms with van der Waals surface area (Å²) in [6.07, 6.45) is 0. The molecule has 2 aromatic heterocycles. The van der Waals surface area contributed by atoms with Gasteiger partial charge in [0.25, 0.3) is 0 Å². The number of hydrogen-bond acceptors (Lipinski definition) is 10. The van der Waals surface area contributed by atoms with Crippen molar-refractivity contribution in [1.82, 2.24) is 0 Å². The summed E-state index contributed by atoms with van der Waals surface area (Å²) in [6.45, 7) is 3.61. The quantitative estimate of drug-likeness (QED) is 0.298. The van der Waals surface area contributed by atoms with Crippen molar-refractivity contribution in [2.45, 2.75) is 13.8 Å². The van der Waals surface area contributed by atoms with Crippen molar-refractivity contribution < 1.29 is 27.9 Å². The number of carbonyl (C=O) groups is 2. The molecule has 172 valence electrons. The molecule has 0 aliphatic carbocycles. The number of benzene rings is 2. The third kappa shape index (κ3) is 4.60. The summed E-state index contributed by atoms with van der Waals surface area (Å²) in [4.78, 5) is 48.5. The van der Waals surface area contributed by atoms with Crippen LogP contribution in [0, 0.1) is 0 Å². The smallest absolute Gasteiger partial charge is 0.374 e. The van der Waals surface area contributed by atoms with E-state index < -0.39 is 22.8 Å². The van der Waals surface area contributed by atoms with Crippen molar-refractivity contribution in [3.8, 4) is 0 Å². The van der Waals surface area contributed by atoms with E-state index in [4.69, 9.17) is 18.3 Å². The fourth-order valence-electron chi connectivity index (χ4n) is 3.13. The Bertz CT molecular complexity index is 1450. The summed E-state index contributed by atoms with van der Waals surface area (Å²) < 4.78 is 20.6. The summed E-state index contributed by atoms with van der Waals surface area (Å²) in [7, 11) is 0. The number of hydrogen-bond donors (Lipinski definition) is 0. The fraction of sp³-hybridized carbons (Fsp3) is 0.167. The average molecular weight is 462 g/mol. The second kappa shape index (κ2) is 9.49. The van der Waals surface area contributed by atoms with Gasteiger partial charge in [0.15, 0.2) is 10.9 Å². The van der Waals surface area contributed by atoms with Crippen LogP contribution in [-0.2, 0) is 9.47 Å². The summed E-state index contributed by atoms with van der Waals surface area (Å²) in [5.74, 6) is -1.81. The second-order valence-corrected chi connectivity index (χ2v) is 6.95. The van der Waals surface area contributed by atoms with Gasteiger partial charge >= 0.3 is 11.9 Å². The zero-order valence-electron chi connectivity index (χ0n) is 18.2. The number of azo groups is 1. The van der Waals surface area contributed by atoms with E-state index in [1.807, 2.05) is 0 Å². The molecule has 0 saturated heterocycles. The van der Waals surface area contributed by atoms with Gasteiger partial charge in [0.2, 0.25) is 11.5 Å². The Labute approximate surface area is 191 Å². The highest BCUT2D eigenvalue weighted by Crippen LogP contribution is 2.25. The van der Waals surface area contributed by atoms with Gasteiger partial charge in [-0.2, -0.15) is 10.2 Å². The first-order chi connectivity index (χ1) is 16.4. The summed E-state index contributed by atoms with van der Waals surface area (Å²) in [5.41, 5.74) is 0.261. The molecular formula is C24H18N2O8. The van der Waals surface area contributed by atoms with E-state index in [1.54, 1.807) is 26.0 Å². The number of esters is 2. The third-order valence-corrected chi connectivity index (χ3v) is 4.66. The van der Waals surface area contributed by atoms with Crippen LogP contribution in [0.25, 0.3) is 21.9 Å². The van der Waals surface area contributed by atoms with E-state index in [0.717, 1.165) is 12.1 Å². The lowest BCUT2D eigenvalue weighted by Gasteiger charge is -2.03. The van der Waals surface area contributed by atoms with Gasteiger partial charge in [0, 0.05) is 12.1 Å². The molecule has 2 aromatic carbocycles. The predicted molar refractivity (Wildman–Crippen MR) is 121 cm³/mol. The van der Waals surface area contributed by atoms with Crippen LogP contribution in [0.4, 0.5) is 11.4 Å². The van der Waals surface area contributed by atoms with Gasteiger partial charge in [-0.25, -0.2) is 9.59 Å². The SMILES string of the molecule is CCOC(=O)c1cc(=O)c2cc(N=Nc3ccc4oc(C(=O)OCC)cc(=O)c4c3)ccc2o1. The summed E-state index contributed by atoms with van der Waals surface area (Å²) >= 11 is 0. The van der Waals surface area contributed by atoms with Crippen LogP contribution in [0.15, 0.2) is 77.2 Å². The lowest BCUT2D eigenvalue weighted by molar-refractivity contribution is 0.0482. The Morgan fingerprint density at radius 3 is 1.50 bits per heavy atom. The standard InChI is InChI=1S/C24H18N2O8/c1-3-31-23(29)21-11-17(27)15-9-13(5-7-19(15)33-21)25-26-14-6-8-20-16(10-14)18(28)12-22(34-20)24(30)32-4-2/h5-12H,3-4H2,1-2H3. The monoisotopic (exact) mass is 462 g/mol. The molecule has 4 aromatic rings. The molecule has 34 heavy (non-hydrogen) atoms. The number of carbonyl (C=O) groups excluding carboxylic acids is 2. The van der Waals surface area contributed by atoms with E-state index in [-0.39, 0.29) is 46.7 Å². The van der Waals surface area contributed by atoms with Gasteiger partial charge in [-0.3, -0.25) is 9.59 Å². The number of ether oxygens (including phenoxy) is 2. The lowest BCUT2D eigenvalue weighted by atomic mass is 10.2. The van der Waals surface area contributed by atoms with Crippen LogP contribution >= 0.6 is 0 Å².